The minimum Gasteiger partial charge on any atom is -0.507 e. The van der Waals surface area contributed by atoms with Crippen molar-refractivity contribution in [2.45, 2.75) is 25.8 Å². The molecule has 1 aliphatic heterocycles. The van der Waals surface area contributed by atoms with E-state index in [1.54, 1.807) is 17.0 Å². The highest BCUT2D eigenvalue weighted by Gasteiger charge is 2.26. The van der Waals surface area contributed by atoms with Crippen molar-refractivity contribution in [3.05, 3.63) is 28.2 Å². The van der Waals surface area contributed by atoms with E-state index in [2.05, 4.69) is 15.9 Å². The zero-order chi connectivity index (χ0) is 14.0. The van der Waals surface area contributed by atoms with Crippen molar-refractivity contribution in [2.75, 3.05) is 13.1 Å². The number of benzene rings is 1. The summed E-state index contributed by atoms with van der Waals surface area (Å²) in [5.74, 6) is 0.407. The quantitative estimate of drug-likeness (QED) is 0.876. The molecule has 0 saturated carbocycles. The molecule has 3 N–H and O–H groups in total. The van der Waals surface area contributed by atoms with E-state index in [1.165, 1.54) is 6.07 Å². The molecule has 0 bridgehead atoms. The predicted molar refractivity (Wildman–Crippen MR) is 78.1 cm³/mol. The molecule has 1 saturated heterocycles. The molecule has 1 aromatic carbocycles. The average Bonchev–Trinajstić information content (AvgIpc) is 2.41. The van der Waals surface area contributed by atoms with E-state index in [-0.39, 0.29) is 17.7 Å². The average molecular weight is 327 g/mol. The highest BCUT2D eigenvalue weighted by Crippen LogP contribution is 2.26. The van der Waals surface area contributed by atoms with Crippen molar-refractivity contribution < 1.29 is 9.90 Å². The molecule has 1 fully saturated rings. The van der Waals surface area contributed by atoms with Gasteiger partial charge in [0.2, 0.25) is 0 Å². The number of carbonyl (C=O) groups excluding carboxylic acids is 1. The van der Waals surface area contributed by atoms with Crippen LogP contribution in [0, 0.1) is 5.92 Å². The van der Waals surface area contributed by atoms with Crippen LogP contribution in [0.2, 0.25) is 0 Å². The van der Waals surface area contributed by atoms with E-state index in [0.29, 0.717) is 24.6 Å². The number of amides is 1. The number of hydrogen-bond donors (Lipinski definition) is 2. The molecule has 1 aliphatic rings. The van der Waals surface area contributed by atoms with Gasteiger partial charge in [-0.1, -0.05) is 15.9 Å². The third kappa shape index (κ3) is 3.28. The number of nitrogens with two attached hydrogens (primary N) is 1. The Balaban J connectivity index is 2.07. The van der Waals surface area contributed by atoms with E-state index >= 15 is 0 Å². The number of phenols is 1. The fraction of sp³-hybridized carbons (Fsp3) is 0.500. The van der Waals surface area contributed by atoms with Crippen molar-refractivity contribution in [1.82, 2.24) is 4.90 Å². The summed E-state index contributed by atoms with van der Waals surface area (Å²) >= 11 is 3.32. The molecule has 5 heteroatoms. The summed E-state index contributed by atoms with van der Waals surface area (Å²) < 4.78 is 0.791. The van der Waals surface area contributed by atoms with Gasteiger partial charge in [-0.05, 0) is 43.9 Å². The molecule has 1 amide bonds. The highest BCUT2D eigenvalue weighted by molar-refractivity contribution is 9.10. The summed E-state index contributed by atoms with van der Waals surface area (Å²) in [6, 6.07) is 5.09. The minimum absolute atomic E-state index is 0.0301. The molecule has 1 heterocycles. The van der Waals surface area contributed by atoms with Gasteiger partial charge in [0.25, 0.3) is 5.91 Å². The second-order valence-electron chi connectivity index (χ2n) is 5.15. The zero-order valence-electron chi connectivity index (χ0n) is 11.0. The van der Waals surface area contributed by atoms with Crippen LogP contribution in [0.1, 0.15) is 30.1 Å². The molecule has 19 heavy (non-hydrogen) atoms. The van der Waals surface area contributed by atoms with Crippen LogP contribution in [-0.4, -0.2) is 35.0 Å². The number of piperidine rings is 1. The van der Waals surface area contributed by atoms with Crippen molar-refractivity contribution in [3.63, 3.8) is 0 Å². The molecule has 4 nitrogen and oxygen atoms in total. The lowest BCUT2D eigenvalue weighted by Crippen LogP contribution is -2.42. The molecule has 1 atom stereocenters. The number of halogens is 1. The smallest absolute Gasteiger partial charge is 0.257 e. The summed E-state index contributed by atoms with van der Waals surface area (Å²) in [6.45, 7) is 3.43. The number of rotatable bonds is 2. The van der Waals surface area contributed by atoms with Crippen LogP contribution < -0.4 is 5.73 Å². The second-order valence-corrected chi connectivity index (χ2v) is 6.07. The van der Waals surface area contributed by atoms with Crippen LogP contribution in [0.15, 0.2) is 22.7 Å². The van der Waals surface area contributed by atoms with Gasteiger partial charge in [0.1, 0.15) is 5.75 Å². The summed E-state index contributed by atoms with van der Waals surface area (Å²) in [7, 11) is 0. The maximum atomic E-state index is 12.4. The molecule has 1 aromatic rings. The lowest BCUT2D eigenvalue weighted by atomic mass is 9.90. The van der Waals surface area contributed by atoms with Gasteiger partial charge in [0.15, 0.2) is 0 Å². The Kier molecular flexibility index (Phi) is 4.47. The van der Waals surface area contributed by atoms with Gasteiger partial charge in [-0.15, -0.1) is 0 Å². The van der Waals surface area contributed by atoms with Crippen LogP contribution in [0.4, 0.5) is 0 Å². The molecule has 1 unspecified atom stereocenters. The van der Waals surface area contributed by atoms with E-state index in [4.69, 9.17) is 5.73 Å². The van der Waals surface area contributed by atoms with E-state index in [1.807, 2.05) is 6.92 Å². The van der Waals surface area contributed by atoms with Gasteiger partial charge >= 0.3 is 0 Å². The Hall–Kier alpha value is -1.07. The largest absolute Gasteiger partial charge is 0.507 e. The Morgan fingerprint density at radius 2 is 2.11 bits per heavy atom. The third-order valence-electron chi connectivity index (χ3n) is 3.76. The van der Waals surface area contributed by atoms with Crippen molar-refractivity contribution in [1.29, 1.82) is 0 Å². The first-order valence-corrected chi connectivity index (χ1v) is 7.31. The number of hydrogen-bond acceptors (Lipinski definition) is 3. The van der Waals surface area contributed by atoms with Gasteiger partial charge in [-0.3, -0.25) is 4.79 Å². The minimum atomic E-state index is -0.109. The first-order valence-electron chi connectivity index (χ1n) is 6.52. The highest BCUT2D eigenvalue weighted by atomic mass is 79.9. The standard InChI is InChI=1S/C14H19BrN2O2/c1-9(16)10-4-6-17(7-5-10)14(19)12-8-11(15)2-3-13(12)18/h2-3,8-10,18H,4-7,16H2,1H3. The summed E-state index contributed by atoms with van der Waals surface area (Å²) in [4.78, 5) is 14.2. The van der Waals surface area contributed by atoms with Crippen molar-refractivity contribution in [3.8, 4) is 5.75 Å². The number of aromatic hydroxyl groups is 1. The molecular weight excluding hydrogens is 308 g/mol. The molecule has 0 radical (unpaired) electrons. The summed E-state index contributed by atoms with van der Waals surface area (Å²) in [6.07, 6.45) is 1.86. The van der Waals surface area contributed by atoms with Gasteiger partial charge < -0.3 is 15.7 Å². The maximum Gasteiger partial charge on any atom is 0.257 e. The normalized spacial score (nSPS) is 18.4. The topological polar surface area (TPSA) is 66.6 Å². The van der Waals surface area contributed by atoms with E-state index in [9.17, 15) is 9.90 Å². The lowest BCUT2D eigenvalue weighted by Gasteiger charge is -2.33. The monoisotopic (exact) mass is 326 g/mol. The number of carbonyl (C=O) groups is 1. The Morgan fingerprint density at radius 1 is 1.47 bits per heavy atom. The van der Waals surface area contributed by atoms with Gasteiger partial charge in [-0.25, -0.2) is 0 Å². The Morgan fingerprint density at radius 3 is 2.68 bits per heavy atom. The first kappa shape index (κ1) is 14.3. The maximum absolute atomic E-state index is 12.4. The van der Waals surface area contributed by atoms with Crippen LogP contribution in [0.3, 0.4) is 0 Å². The molecule has 0 aliphatic carbocycles. The molecule has 0 spiro atoms. The van der Waals surface area contributed by atoms with Crippen LogP contribution in [0.5, 0.6) is 5.75 Å². The Bertz CT molecular complexity index is 469. The van der Waals surface area contributed by atoms with Crippen LogP contribution in [-0.2, 0) is 0 Å². The van der Waals surface area contributed by atoms with Crippen LogP contribution in [0.25, 0.3) is 0 Å². The summed E-state index contributed by atoms with van der Waals surface area (Å²) in [5.41, 5.74) is 6.25. The second kappa shape index (κ2) is 5.92. The van der Waals surface area contributed by atoms with Gasteiger partial charge in [0.05, 0.1) is 5.56 Å². The SMILES string of the molecule is CC(N)C1CCN(C(=O)c2cc(Br)ccc2O)CC1. The molecule has 2 rings (SSSR count). The van der Waals surface area contributed by atoms with Crippen molar-refractivity contribution in [2.24, 2.45) is 11.7 Å². The zero-order valence-corrected chi connectivity index (χ0v) is 12.6. The summed E-state index contributed by atoms with van der Waals surface area (Å²) in [5, 5.41) is 9.79. The van der Waals surface area contributed by atoms with Crippen molar-refractivity contribution >= 4 is 21.8 Å². The van der Waals surface area contributed by atoms with Gasteiger partial charge in [-0.2, -0.15) is 0 Å². The first-order chi connectivity index (χ1) is 8.99. The predicted octanol–water partition coefficient (Wildman–Crippen LogP) is 2.35. The molecular formula is C14H19BrN2O2. The van der Waals surface area contributed by atoms with E-state index < -0.39 is 0 Å². The fourth-order valence-corrected chi connectivity index (χ4v) is 2.84. The van der Waals surface area contributed by atoms with Gasteiger partial charge in [0, 0.05) is 23.6 Å². The number of likely N-dealkylation sites (tertiary alicyclic amines) is 1. The number of nitrogens with zero attached hydrogens (tertiary/aromatic N) is 1. The fourth-order valence-electron chi connectivity index (χ4n) is 2.48. The molecule has 0 aromatic heterocycles. The third-order valence-corrected chi connectivity index (χ3v) is 4.25. The lowest BCUT2D eigenvalue weighted by molar-refractivity contribution is 0.0678. The molecule has 104 valence electrons. The Labute approximate surface area is 121 Å². The van der Waals surface area contributed by atoms with E-state index in [0.717, 1.165) is 17.3 Å². The number of phenolic OH excluding ortho intramolecular Hbond substituents is 1. The van der Waals surface area contributed by atoms with Crippen LogP contribution >= 0.6 is 15.9 Å².